The number of carbonyl (C=O) groups excluding carboxylic acids is 6. The Balaban J connectivity index is 0.000000154. The topological polar surface area (TPSA) is 337 Å². The van der Waals surface area contributed by atoms with Crippen molar-refractivity contribution in [2.24, 2.45) is 35.5 Å². The number of alkyl carbamates (subject to hydrolysis) is 1. The zero-order chi connectivity index (χ0) is 99.8. The third-order valence-electron chi connectivity index (χ3n) is 29.7. The summed E-state index contributed by atoms with van der Waals surface area (Å²) >= 11 is 3.14. The Kier molecular flexibility index (Phi) is 35.4. The van der Waals surface area contributed by atoms with E-state index < -0.39 is 83.5 Å². The summed E-state index contributed by atoms with van der Waals surface area (Å²) in [4.78, 5) is 124. The van der Waals surface area contributed by atoms with E-state index in [9.17, 15) is 46.7 Å². The highest BCUT2D eigenvalue weighted by Gasteiger charge is 2.65. The molecule has 5 N–H and O–H groups in total. The van der Waals surface area contributed by atoms with Crippen molar-refractivity contribution in [3.05, 3.63) is 105 Å². The van der Waals surface area contributed by atoms with E-state index in [1.807, 2.05) is 0 Å². The minimum Gasteiger partial charge on any atom is -0.478 e. The smallest absolute Gasteiger partial charge is 0.408 e. The van der Waals surface area contributed by atoms with E-state index in [0.717, 1.165) is 190 Å². The van der Waals surface area contributed by atoms with Crippen molar-refractivity contribution < 1.29 is 104 Å². The SMILES string of the molecule is C#C[C@@H]1CN(C(=O)[C@@H](NC(=O)OC(C)(C)C)C2CCCC2)[C@H]2[C@@H]1OCC2(OC)OC.C#C[C@@H]1CN(C(=O)[C@@H](NC(=O)c2ccc(-c3nc(N4CCN(C)CC4)sc3F)cc2)C2CCCC2)[C@H]2[C@@H]1OCC2(OC)OC.C#C[C@@H]1CN(C(=O)[C@@H](NC(=O)c2ccc(-c3nc(N4CCN(C)CC4)sc3F)cc2)C2CCCC2)[C@H]2[C@@H]1OCC2(OC)OC.C[NH+]1CCN(c2nc(-c3ccc(C(=O)O)cc3)c(F)s2)CC1.Cl. The van der Waals surface area contributed by atoms with Gasteiger partial charge in [-0.25, -0.2) is 24.5 Å². The van der Waals surface area contributed by atoms with Crippen LogP contribution in [-0.4, -0.2) is 345 Å². The maximum absolute atomic E-state index is 15.0. The second kappa shape index (κ2) is 46.6. The van der Waals surface area contributed by atoms with Crippen molar-refractivity contribution >= 4 is 103 Å². The monoisotopic (exact) mass is 2030 g/mol. The number of hydrogen-bond donors (Lipinski definition) is 5. The Labute approximate surface area is 840 Å². The number of methoxy groups -OCH3 is 6. The molecule has 12 heterocycles. The number of amides is 6. The van der Waals surface area contributed by atoms with Gasteiger partial charge in [-0.1, -0.05) is 127 Å². The number of aromatic nitrogens is 3. The number of carboxylic acids is 1. The number of quaternary nitrogens is 1. The van der Waals surface area contributed by atoms with Crippen LogP contribution in [-0.2, 0) is 61.8 Å². The van der Waals surface area contributed by atoms with Crippen molar-refractivity contribution in [3.8, 4) is 70.8 Å². The van der Waals surface area contributed by atoms with Crippen LogP contribution in [0.2, 0.25) is 0 Å². The Hall–Kier alpha value is -9.68. The van der Waals surface area contributed by atoms with Crippen LogP contribution in [0.5, 0.6) is 0 Å². The lowest BCUT2D eigenvalue weighted by Crippen LogP contribution is -3.12. The van der Waals surface area contributed by atoms with E-state index in [-0.39, 0.29) is 136 Å². The number of nitrogens with one attached hydrogen (secondary N) is 4. The van der Waals surface area contributed by atoms with Crippen LogP contribution in [0.1, 0.15) is 129 Å². The number of hydrogen-bond acceptors (Lipinski definition) is 28. The molecule has 9 aliphatic heterocycles. The molecule has 0 spiro atoms. The number of fused-ring (bicyclic) bond motifs is 3. The molecule has 6 aromatic rings. The number of piperazine rings is 3. The highest BCUT2D eigenvalue weighted by Crippen LogP contribution is 2.48. The molecule has 3 aromatic heterocycles. The third-order valence-corrected chi connectivity index (χ3v) is 32.4. The molecule has 0 radical (unpaired) electrons. The molecule has 33 nitrogen and oxygen atoms in total. The fraction of sp³-hybridized carbons (Fsp3) is 0.604. The van der Waals surface area contributed by atoms with Crippen molar-refractivity contribution in [2.75, 3.05) is 196 Å². The zero-order valence-electron chi connectivity index (χ0n) is 82.1. The highest BCUT2D eigenvalue weighted by molar-refractivity contribution is 7.15. The predicted octanol–water partition coefficient (Wildman–Crippen LogP) is 9.00. The number of likely N-dealkylation sites (N-methyl/N-ethyl adjacent to an activating group) is 3. The number of aromatic carboxylic acids is 1. The summed E-state index contributed by atoms with van der Waals surface area (Å²) in [7, 11) is 15.5. The summed E-state index contributed by atoms with van der Waals surface area (Å²) in [5.74, 6) is 1.74. The summed E-state index contributed by atoms with van der Waals surface area (Å²) < 4.78 is 102. The molecule has 3 saturated carbocycles. The van der Waals surface area contributed by atoms with Gasteiger partial charge in [-0.05, 0) is 128 Å². The largest absolute Gasteiger partial charge is 0.478 e. The number of ether oxygens (including phenoxy) is 10. The summed E-state index contributed by atoms with van der Waals surface area (Å²) in [5, 5.41) is 18.8. The third kappa shape index (κ3) is 23.2. The predicted molar refractivity (Wildman–Crippen MR) is 529 cm³/mol. The molecule has 18 rings (SSSR count). The second-order valence-corrected chi connectivity index (χ2v) is 42.0. The summed E-state index contributed by atoms with van der Waals surface area (Å²) in [6, 6.07) is 15.9. The van der Waals surface area contributed by atoms with Crippen LogP contribution >= 0.6 is 46.4 Å². The molecule has 764 valence electrons. The lowest BCUT2D eigenvalue weighted by molar-refractivity contribution is -0.880. The van der Waals surface area contributed by atoms with Crippen molar-refractivity contribution in [2.45, 2.75) is 175 Å². The lowest BCUT2D eigenvalue weighted by Gasteiger charge is -2.38. The van der Waals surface area contributed by atoms with E-state index in [1.54, 1.807) is 96.1 Å². The van der Waals surface area contributed by atoms with Crippen LogP contribution in [0.25, 0.3) is 33.8 Å². The Morgan fingerprint density at radius 2 is 0.730 bits per heavy atom. The van der Waals surface area contributed by atoms with Gasteiger partial charge in [-0.3, -0.25) is 24.0 Å². The number of carbonyl (C=O) groups is 7. The van der Waals surface area contributed by atoms with Gasteiger partial charge in [0, 0.05) is 142 Å². The van der Waals surface area contributed by atoms with Crippen molar-refractivity contribution in [3.63, 3.8) is 0 Å². The molecule has 12 atom stereocenters. The van der Waals surface area contributed by atoms with Crippen LogP contribution in [0, 0.1) is 87.9 Å². The minimum atomic E-state index is -1.14. The average molecular weight is 2030 g/mol. The molecule has 9 saturated heterocycles. The van der Waals surface area contributed by atoms with Crippen LogP contribution in [0.4, 0.5) is 33.4 Å². The summed E-state index contributed by atoms with van der Waals surface area (Å²) in [6.07, 6.45) is 26.8. The number of carboxylic acid groups (broad SMARTS) is 1. The molecule has 12 fully saturated rings. The van der Waals surface area contributed by atoms with E-state index in [0.29, 0.717) is 68.5 Å². The first-order chi connectivity index (χ1) is 67.3. The van der Waals surface area contributed by atoms with Crippen LogP contribution in [0.15, 0.2) is 72.8 Å². The number of nitrogens with zero attached hydrogens (tertiary/aromatic N) is 11. The van der Waals surface area contributed by atoms with Gasteiger partial charge < -0.3 is 113 Å². The molecule has 0 bridgehead atoms. The standard InChI is InChI=1S/2C32H40FN5O5S.C22H34N2O6.C15H16FN3O2S.ClH/c2*1-5-20-18-38(27-26(20)43-19-32(27,41-3)42-4)30(40)25(21-8-6-7-9-21)34-29(39)23-12-10-22(11-13-23)24-28(33)44-31(35-24)37-16-14-36(2)15-17-37;1-7-14-12-24(18-17(14)29-13-22(18,27-5)28-6)19(25)16(15-10-8-9-11-15)23-20(26)30-21(2,3)4;1-18-6-8-19(9-7-18)15-17-12(13(16)22-15)10-2-4-11(5-3-10)14(20)21;/h2*1,10-13,20-21,25-27H,6-9,14-19H2,2-4H3,(H,34,39);1,14-18H,8-13H2,2-6H3,(H,23,26);2-5H,6-9H2,1H3,(H,20,21);1H/p+1/t2*20-,25+,26-,27+;14-,16+,17-,18+;;/m111../s1. The molecule has 141 heavy (non-hydrogen) atoms. The molecule has 40 heteroatoms. The fourth-order valence-electron chi connectivity index (χ4n) is 21.6. The van der Waals surface area contributed by atoms with Gasteiger partial charge in [0.1, 0.15) is 78.8 Å². The molecular formula is C101H132ClF3N15O18S3+. The molecule has 6 amide bonds. The number of likely N-dealkylation sites (tertiary alicyclic amines) is 3. The van der Waals surface area contributed by atoms with Gasteiger partial charge in [-0.2, -0.15) is 13.2 Å². The van der Waals surface area contributed by atoms with Gasteiger partial charge in [0.15, 0.2) is 15.4 Å². The average Bonchev–Trinajstić information content (AvgIpc) is 1.58. The number of thiazole rings is 3. The number of terminal acetylenes is 3. The van der Waals surface area contributed by atoms with E-state index in [1.165, 1.54) is 59.7 Å². The Morgan fingerprint density at radius 3 is 1.00 bits per heavy atom. The van der Waals surface area contributed by atoms with Crippen LogP contribution in [0.3, 0.4) is 0 Å². The quantitative estimate of drug-likeness (QED) is 0.0279. The van der Waals surface area contributed by atoms with E-state index in [4.69, 9.17) is 71.7 Å². The first-order valence-corrected chi connectivity index (χ1v) is 50.7. The lowest BCUT2D eigenvalue weighted by atomic mass is 9.95. The maximum atomic E-state index is 15.0. The molecule has 3 aliphatic carbocycles. The first-order valence-electron chi connectivity index (χ1n) is 48.3. The van der Waals surface area contributed by atoms with Gasteiger partial charge in [-0.15, -0.1) is 31.7 Å². The highest BCUT2D eigenvalue weighted by atomic mass is 35.5. The number of halogens is 4. The molecule has 0 unspecified atom stereocenters. The maximum Gasteiger partial charge on any atom is 0.408 e. The minimum absolute atomic E-state index is 0. The second-order valence-electron chi connectivity index (χ2n) is 39.2. The summed E-state index contributed by atoms with van der Waals surface area (Å²) in [6.45, 7) is 17.4. The number of anilines is 3. The van der Waals surface area contributed by atoms with Gasteiger partial charge in [0.25, 0.3) is 11.8 Å². The van der Waals surface area contributed by atoms with Gasteiger partial charge in [0.05, 0.1) is 74.9 Å². The Bertz CT molecular complexity index is 5240. The van der Waals surface area contributed by atoms with Crippen molar-refractivity contribution in [1.29, 1.82) is 0 Å². The molecule has 12 aliphatic rings. The van der Waals surface area contributed by atoms with E-state index in [2.05, 4.69) is 94.3 Å². The zero-order valence-corrected chi connectivity index (χ0v) is 85.4. The Morgan fingerprint density at radius 1 is 0.454 bits per heavy atom. The molecule has 3 aromatic carbocycles. The summed E-state index contributed by atoms with van der Waals surface area (Å²) in [5.41, 5.74) is 2.94. The fourth-order valence-corrected chi connectivity index (χ4v) is 24.2. The van der Waals surface area contributed by atoms with Crippen molar-refractivity contribution in [1.82, 2.24) is 55.4 Å². The number of benzene rings is 3. The molecular weight excluding hydrogens is 1900 g/mol. The first kappa shape index (κ1) is 107. The van der Waals surface area contributed by atoms with Crippen LogP contribution < -0.4 is 35.6 Å². The number of rotatable bonds is 24. The van der Waals surface area contributed by atoms with E-state index >= 15 is 0 Å². The normalized spacial score (nSPS) is 25.0. The van der Waals surface area contributed by atoms with Gasteiger partial charge >= 0.3 is 12.1 Å². The van der Waals surface area contributed by atoms with Gasteiger partial charge in [0.2, 0.25) is 50.5 Å².